The van der Waals surface area contributed by atoms with Crippen LogP contribution < -0.4 is 5.32 Å². The number of benzene rings is 1. The van der Waals surface area contributed by atoms with Crippen molar-refractivity contribution in [3.63, 3.8) is 0 Å². The lowest BCUT2D eigenvalue weighted by molar-refractivity contribution is -0.139. The summed E-state index contributed by atoms with van der Waals surface area (Å²) in [6, 6.07) is 4.57. The molecule has 1 aromatic carbocycles. The third kappa shape index (κ3) is 5.60. The summed E-state index contributed by atoms with van der Waals surface area (Å²) < 4.78 is 0. The molecule has 7 heteroatoms. The van der Waals surface area contributed by atoms with E-state index in [4.69, 9.17) is 23.2 Å². The zero-order chi connectivity index (χ0) is 19.4. The molecule has 0 aromatic heterocycles. The fourth-order valence-electron chi connectivity index (χ4n) is 3.43. The number of carbonyl (C=O) groups excluding carboxylic acids is 2. The molecule has 0 aliphatic carbocycles. The van der Waals surface area contributed by atoms with Crippen molar-refractivity contribution in [2.75, 3.05) is 32.0 Å². The van der Waals surface area contributed by atoms with E-state index in [0.29, 0.717) is 27.6 Å². The summed E-state index contributed by atoms with van der Waals surface area (Å²) in [5, 5.41) is 3.60. The number of anilines is 1. The average Bonchev–Trinajstić information content (AvgIpc) is 2.55. The molecule has 1 saturated heterocycles. The van der Waals surface area contributed by atoms with Crippen LogP contribution in [0.4, 0.5) is 5.69 Å². The van der Waals surface area contributed by atoms with Crippen LogP contribution in [0.3, 0.4) is 0 Å². The van der Waals surface area contributed by atoms with Crippen molar-refractivity contribution >= 4 is 40.7 Å². The Morgan fingerprint density at radius 2 is 1.85 bits per heavy atom. The Morgan fingerprint density at radius 1 is 1.23 bits per heavy atom. The molecule has 0 unspecified atom stereocenters. The highest BCUT2D eigenvalue weighted by atomic mass is 35.5. The third-order valence-electron chi connectivity index (χ3n) is 4.80. The number of amides is 2. The van der Waals surface area contributed by atoms with Crippen LogP contribution in [0.5, 0.6) is 0 Å². The zero-order valence-electron chi connectivity index (χ0n) is 15.8. The van der Waals surface area contributed by atoms with Gasteiger partial charge in [-0.15, -0.1) is 0 Å². The number of nitrogens with zero attached hydrogens (tertiary/aromatic N) is 2. The van der Waals surface area contributed by atoms with Crippen LogP contribution in [0, 0.1) is 11.8 Å². The molecule has 1 N–H and O–H groups in total. The van der Waals surface area contributed by atoms with Crippen LogP contribution in [0.25, 0.3) is 0 Å². The monoisotopic (exact) mass is 399 g/mol. The van der Waals surface area contributed by atoms with Gasteiger partial charge in [-0.3, -0.25) is 14.5 Å². The number of carbonyl (C=O) groups is 2. The van der Waals surface area contributed by atoms with Gasteiger partial charge >= 0.3 is 0 Å². The molecule has 1 aliphatic rings. The molecule has 1 heterocycles. The van der Waals surface area contributed by atoms with Crippen LogP contribution >= 0.6 is 23.2 Å². The van der Waals surface area contributed by atoms with Gasteiger partial charge in [0.25, 0.3) is 0 Å². The first-order valence-electron chi connectivity index (χ1n) is 8.91. The Hall–Kier alpha value is -1.30. The number of likely N-dealkylation sites (tertiary alicyclic amines) is 1. The SMILES string of the molecule is C[C@H]1C[C@H](C)CN(C(=O)[C@@H](C)N(C)CC(=O)Nc2ccc(Cl)c(Cl)c2)C1. The molecule has 26 heavy (non-hydrogen) atoms. The van der Waals surface area contributed by atoms with Gasteiger partial charge in [0.05, 0.1) is 22.6 Å². The summed E-state index contributed by atoms with van der Waals surface area (Å²) in [6.07, 6.45) is 1.15. The van der Waals surface area contributed by atoms with Crippen LogP contribution in [0.15, 0.2) is 18.2 Å². The minimum atomic E-state index is -0.355. The predicted molar refractivity (Wildman–Crippen MR) is 107 cm³/mol. The molecule has 1 fully saturated rings. The fourth-order valence-corrected chi connectivity index (χ4v) is 3.73. The first-order valence-corrected chi connectivity index (χ1v) is 9.67. The van der Waals surface area contributed by atoms with Gasteiger partial charge in [-0.2, -0.15) is 0 Å². The van der Waals surface area contributed by atoms with E-state index in [9.17, 15) is 9.59 Å². The highest BCUT2D eigenvalue weighted by Crippen LogP contribution is 2.25. The van der Waals surface area contributed by atoms with E-state index in [1.54, 1.807) is 30.1 Å². The summed E-state index contributed by atoms with van der Waals surface area (Å²) >= 11 is 11.8. The molecule has 2 rings (SSSR count). The Bertz CT molecular complexity index is 658. The number of rotatable bonds is 5. The van der Waals surface area contributed by atoms with Crippen LogP contribution in [-0.4, -0.2) is 54.3 Å². The molecule has 3 atom stereocenters. The topological polar surface area (TPSA) is 52.7 Å². The Morgan fingerprint density at radius 3 is 2.42 bits per heavy atom. The van der Waals surface area contributed by atoms with Crippen molar-refractivity contribution in [2.24, 2.45) is 11.8 Å². The highest BCUT2D eigenvalue weighted by Gasteiger charge is 2.30. The quantitative estimate of drug-likeness (QED) is 0.819. The van der Waals surface area contributed by atoms with Gasteiger partial charge in [0.2, 0.25) is 11.8 Å². The zero-order valence-corrected chi connectivity index (χ0v) is 17.3. The summed E-state index contributed by atoms with van der Waals surface area (Å²) in [6.45, 7) is 7.89. The maximum Gasteiger partial charge on any atom is 0.239 e. The van der Waals surface area contributed by atoms with Gasteiger partial charge in [0.15, 0.2) is 0 Å². The van der Waals surface area contributed by atoms with E-state index in [1.165, 1.54) is 0 Å². The predicted octanol–water partition coefficient (Wildman–Crippen LogP) is 3.76. The largest absolute Gasteiger partial charge is 0.341 e. The second-order valence-electron chi connectivity index (χ2n) is 7.46. The molecule has 0 radical (unpaired) electrons. The van der Waals surface area contributed by atoms with Crippen molar-refractivity contribution in [2.45, 2.75) is 33.2 Å². The summed E-state index contributed by atoms with van der Waals surface area (Å²) in [4.78, 5) is 28.7. The normalized spacial score (nSPS) is 21.6. The first-order chi connectivity index (χ1) is 12.2. The number of hydrogen-bond donors (Lipinski definition) is 1. The maximum atomic E-state index is 12.8. The van der Waals surface area contributed by atoms with Crippen molar-refractivity contribution in [1.82, 2.24) is 9.80 Å². The lowest BCUT2D eigenvalue weighted by Gasteiger charge is -2.38. The number of likely N-dealkylation sites (N-methyl/N-ethyl adjacent to an activating group) is 1. The Balaban J connectivity index is 1.90. The average molecular weight is 400 g/mol. The number of piperidine rings is 1. The van der Waals surface area contributed by atoms with E-state index >= 15 is 0 Å². The van der Waals surface area contributed by atoms with Crippen molar-refractivity contribution in [3.05, 3.63) is 28.2 Å². The second kappa shape index (κ2) is 9.07. The van der Waals surface area contributed by atoms with Crippen LogP contribution in [-0.2, 0) is 9.59 Å². The molecule has 5 nitrogen and oxygen atoms in total. The van der Waals surface area contributed by atoms with Gasteiger partial charge in [0.1, 0.15) is 0 Å². The van der Waals surface area contributed by atoms with E-state index < -0.39 is 0 Å². The molecule has 1 aliphatic heterocycles. The summed E-state index contributed by atoms with van der Waals surface area (Å²) in [7, 11) is 1.79. The first kappa shape index (κ1) is 21.0. The lowest BCUT2D eigenvalue weighted by Crippen LogP contribution is -2.51. The van der Waals surface area contributed by atoms with Gasteiger partial charge in [0, 0.05) is 18.8 Å². The number of nitrogens with one attached hydrogen (secondary N) is 1. The molecule has 0 saturated carbocycles. The van der Waals surface area contributed by atoms with Gasteiger partial charge < -0.3 is 10.2 Å². The Labute approximate surface area is 165 Å². The molecular formula is C19H27Cl2N3O2. The molecule has 0 spiro atoms. The molecular weight excluding hydrogens is 373 g/mol. The second-order valence-corrected chi connectivity index (χ2v) is 8.27. The van der Waals surface area contributed by atoms with Gasteiger partial charge in [-0.05, 0) is 50.4 Å². The standard InChI is InChI=1S/C19H27Cl2N3O2/c1-12-7-13(2)10-24(9-12)19(26)14(3)23(4)11-18(25)22-15-5-6-16(20)17(21)8-15/h5-6,8,12-14H,7,9-11H2,1-4H3,(H,22,25)/t12-,13-,14+/m0/s1. The van der Waals surface area contributed by atoms with E-state index in [1.807, 2.05) is 11.8 Å². The van der Waals surface area contributed by atoms with E-state index in [-0.39, 0.29) is 24.4 Å². The van der Waals surface area contributed by atoms with Crippen molar-refractivity contribution in [1.29, 1.82) is 0 Å². The summed E-state index contributed by atoms with van der Waals surface area (Å²) in [5.74, 6) is 0.899. The third-order valence-corrected chi connectivity index (χ3v) is 5.53. The summed E-state index contributed by atoms with van der Waals surface area (Å²) in [5.41, 5.74) is 0.579. The highest BCUT2D eigenvalue weighted by molar-refractivity contribution is 6.42. The smallest absolute Gasteiger partial charge is 0.239 e. The van der Waals surface area contributed by atoms with Crippen molar-refractivity contribution in [3.8, 4) is 0 Å². The number of halogens is 2. The van der Waals surface area contributed by atoms with Crippen molar-refractivity contribution < 1.29 is 9.59 Å². The molecule has 0 bridgehead atoms. The minimum absolute atomic E-state index is 0.0771. The molecule has 2 amide bonds. The molecule has 1 aromatic rings. The Kier molecular flexibility index (Phi) is 7.33. The minimum Gasteiger partial charge on any atom is -0.341 e. The fraction of sp³-hybridized carbons (Fsp3) is 0.579. The van der Waals surface area contributed by atoms with E-state index in [0.717, 1.165) is 19.5 Å². The van der Waals surface area contributed by atoms with Gasteiger partial charge in [-0.25, -0.2) is 0 Å². The number of hydrogen-bond acceptors (Lipinski definition) is 3. The van der Waals surface area contributed by atoms with E-state index in [2.05, 4.69) is 19.2 Å². The van der Waals surface area contributed by atoms with Crippen LogP contribution in [0.2, 0.25) is 10.0 Å². The molecule has 144 valence electrons. The lowest BCUT2D eigenvalue weighted by atomic mass is 9.91. The maximum absolute atomic E-state index is 12.8. The van der Waals surface area contributed by atoms with Crippen LogP contribution in [0.1, 0.15) is 27.2 Å². The van der Waals surface area contributed by atoms with Gasteiger partial charge in [-0.1, -0.05) is 37.0 Å².